The summed E-state index contributed by atoms with van der Waals surface area (Å²) in [6.45, 7) is 0. The molecule has 4 amide bonds. The lowest BCUT2D eigenvalue weighted by atomic mass is 9.99. The number of benzene rings is 2. The number of anilines is 2. The van der Waals surface area contributed by atoms with Gasteiger partial charge in [0.15, 0.2) is 0 Å². The Kier molecular flexibility index (Phi) is 3.01. The van der Waals surface area contributed by atoms with Gasteiger partial charge in [-0.15, -0.1) is 0 Å². The first-order valence-corrected chi connectivity index (χ1v) is 7.26. The van der Waals surface area contributed by atoms with Crippen molar-refractivity contribution < 1.29 is 9.59 Å². The van der Waals surface area contributed by atoms with Gasteiger partial charge in [0.05, 0.1) is 17.4 Å². The SMILES string of the molecule is O=C1N/C(=C\C2NC(=O)Nc3ccccc32)c2ccccc2N1. The molecule has 23 heavy (non-hydrogen) atoms. The number of rotatable bonds is 1. The second-order valence-corrected chi connectivity index (χ2v) is 5.37. The van der Waals surface area contributed by atoms with Crippen LogP contribution in [0.15, 0.2) is 54.6 Å². The zero-order valence-corrected chi connectivity index (χ0v) is 12.1. The van der Waals surface area contributed by atoms with E-state index < -0.39 is 0 Å². The van der Waals surface area contributed by atoms with E-state index in [-0.39, 0.29) is 18.1 Å². The van der Waals surface area contributed by atoms with Crippen molar-refractivity contribution in [3.63, 3.8) is 0 Å². The Hall–Kier alpha value is -3.28. The summed E-state index contributed by atoms with van der Waals surface area (Å²) in [5, 5.41) is 11.2. The number of nitrogens with one attached hydrogen (secondary N) is 4. The standard InChI is InChI=1S/C17H14N4O2/c22-16-18-12-7-3-1-5-10(12)14(20-16)9-15-11-6-2-4-8-13(11)19-17(23)21-15/h1-9,14H,(H2,18,20,22)(H2,19,21,23)/b15-9-. The minimum Gasteiger partial charge on any atom is -0.327 e. The lowest BCUT2D eigenvalue weighted by Gasteiger charge is -2.27. The highest BCUT2D eigenvalue weighted by Gasteiger charge is 2.25. The van der Waals surface area contributed by atoms with Crippen LogP contribution in [0.3, 0.4) is 0 Å². The first-order chi connectivity index (χ1) is 11.2. The molecule has 0 bridgehead atoms. The van der Waals surface area contributed by atoms with Gasteiger partial charge in [0.2, 0.25) is 0 Å². The summed E-state index contributed by atoms with van der Waals surface area (Å²) in [5.41, 5.74) is 4.02. The molecule has 4 rings (SSSR count). The van der Waals surface area contributed by atoms with E-state index in [0.29, 0.717) is 5.70 Å². The van der Waals surface area contributed by atoms with E-state index in [2.05, 4.69) is 21.3 Å². The number of amides is 4. The molecular weight excluding hydrogens is 292 g/mol. The number of fused-ring (bicyclic) bond motifs is 2. The second kappa shape index (κ2) is 5.17. The highest BCUT2D eigenvalue weighted by molar-refractivity contribution is 6.03. The molecule has 1 unspecified atom stereocenters. The van der Waals surface area contributed by atoms with Crippen LogP contribution >= 0.6 is 0 Å². The number of para-hydroxylation sites is 2. The number of carbonyl (C=O) groups excluding carboxylic acids is 2. The summed E-state index contributed by atoms with van der Waals surface area (Å²) >= 11 is 0. The van der Waals surface area contributed by atoms with Crippen LogP contribution in [0.4, 0.5) is 21.0 Å². The van der Waals surface area contributed by atoms with Gasteiger partial charge in [0, 0.05) is 16.8 Å². The molecular formula is C17H14N4O2. The molecule has 1 atom stereocenters. The van der Waals surface area contributed by atoms with Gasteiger partial charge in [-0.2, -0.15) is 0 Å². The minimum absolute atomic E-state index is 0.265. The third-order valence-corrected chi connectivity index (χ3v) is 3.88. The zero-order valence-electron chi connectivity index (χ0n) is 12.1. The number of hydrogen-bond acceptors (Lipinski definition) is 2. The van der Waals surface area contributed by atoms with Gasteiger partial charge in [-0.25, -0.2) is 9.59 Å². The molecule has 0 saturated carbocycles. The third kappa shape index (κ3) is 2.40. The zero-order chi connectivity index (χ0) is 15.8. The van der Waals surface area contributed by atoms with Crippen molar-refractivity contribution in [1.29, 1.82) is 0 Å². The minimum atomic E-state index is -0.318. The van der Waals surface area contributed by atoms with E-state index in [0.717, 1.165) is 22.5 Å². The smallest absolute Gasteiger partial charge is 0.323 e. The predicted octanol–water partition coefficient (Wildman–Crippen LogP) is 3.04. The Balaban J connectivity index is 1.79. The van der Waals surface area contributed by atoms with E-state index in [1.165, 1.54) is 0 Å². The highest BCUT2D eigenvalue weighted by Crippen LogP contribution is 2.32. The number of carbonyl (C=O) groups is 2. The lowest BCUT2D eigenvalue weighted by molar-refractivity contribution is 0.249. The van der Waals surface area contributed by atoms with Crippen molar-refractivity contribution in [3.8, 4) is 0 Å². The molecule has 6 nitrogen and oxygen atoms in total. The summed E-state index contributed by atoms with van der Waals surface area (Å²) in [7, 11) is 0. The summed E-state index contributed by atoms with van der Waals surface area (Å²) in [5.74, 6) is 0. The first-order valence-electron chi connectivity index (χ1n) is 7.26. The molecule has 0 spiro atoms. The van der Waals surface area contributed by atoms with Gasteiger partial charge in [-0.3, -0.25) is 0 Å². The monoisotopic (exact) mass is 306 g/mol. The van der Waals surface area contributed by atoms with E-state index >= 15 is 0 Å². The predicted molar refractivity (Wildman–Crippen MR) is 87.9 cm³/mol. The molecule has 4 N–H and O–H groups in total. The number of urea groups is 2. The van der Waals surface area contributed by atoms with E-state index in [9.17, 15) is 9.59 Å². The van der Waals surface area contributed by atoms with Crippen molar-refractivity contribution in [1.82, 2.24) is 10.6 Å². The maximum atomic E-state index is 11.8. The molecule has 0 fully saturated rings. The van der Waals surface area contributed by atoms with Gasteiger partial charge in [0.1, 0.15) is 0 Å². The van der Waals surface area contributed by atoms with Gasteiger partial charge >= 0.3 is 12.1 Å². The van der Waals surface area contributed by atoms with E-state index in [1.54, 1.807) is 0 Å². The molecule has 0 aromatic heterocycles. The van der Waals surface area contributed by atoms with Crippen LogP contribution in [0, 0.1) is 0 Å². The molecule has 2 heterocycles. The van der Waals surface area contributed by atoms with Crippen LogP contribution < -0.4 is 21.3 Å². The average molecular weight is 306 g/mol. The molecule has 0 aliphatic carbocycles. The molecule has 6 heteroatoms. The van der Waals surface area contributed by atoms with Crippen molar-refractivity contribution in [3.05, 3.63) is 65.7 Å². The van der Waals surface area contributed by atoms with Crippen LogP contribution in [0.25, 0.3) is 5.70 Å². The summed E-state index contributed by atoms with van der Waals surface area (Å²) in [4.78, 5) is 23.7. The van der Waals surface area contributed by atoms with E-state index in [4.69, 9.17) is 0 Å². The summed E-state index contributed by atoms with van der Waals surface area (Å²) in [6.07, 6.45) is 1.86. The lowest BCUT2D eigenvalue weighted by Crippen LogP contribution is -2.38. The normalized spacial score (nSPS) is 20.5. The fourth-order valence-corrected chi connectivity index (χ4v) is 2.86. The highest BCUT2D eigenvalue weighted by atomic mass is 16.2. The Morgan fingerprint density at radius 3 is 2.35 bits per heavy atom. The Morgan fingerprint density at radius 1 is 0.783 bits per heavy atom. The van der Waals surface area contributed by atoms with Crippen molar-refractivity contribution in [2.24, 2.45) is 0 Å². The van der Waals surface area contributed by atoms with Gasteiger partial charge < -0.3 is 21.3 Å². The molecule has 114 valence electrons. The van der Waals surface area contributed by atoms with Gasteiger partial charge in [-0.1, -0.05) is 36.4 Å². The Bertz CT molecular complexity index is 844. The maximum Gasteiger partial charge on any atom is 0.323 e. The summed E-state index contributed by atoms with van der Waals surface area (Å²) < 4.78 is 0. The third-order valence-electron chi connectivity index (χ3n) is 3.88. The van der Waals surface area contributed by atoms with Crippen LogP contribution in [-0.4, -0.2) is 12.1 Å². The van der Waals surface area contributed by atoms with E-state index in [1.807, 2.05) is 54.6 Å². The number of hydrogen-bond donors (Lipinski definition) is 4. The fourth-order valence-electron chi connectivity index (χ4n) is 2.86. The molecule has 0 saturated heterocycles. The Labute approximate surface area is 132 Å². The van der Waals surface area contributed by atoms with Crippen LogP contribution in [0.2, 0.25) is 0 Å². The van der Waals surface area contributed by atoms with Crippen LogP contribution in [0.5, 0.6) is 0 Å². The largest absolute Gasteiger partial charge is 0.327 e. The average Bonchev–Trinajstić information content (AvgIpc) is 2.54. The quantitative estimate of drug-likeness (QED) is 0.653. The van der Waals surface area contributed by atoms with Crippen LogP contribution in [-0.2, 0) is 0 Å². The Morgan fingerprint density at radius 2 is 1.48 bits per heavy atom. The van der Waals surface area contributed by atoms with Crippen molar-refractivity contribution in [2.45, 2.75) is 6.04 Å². The maximum absolute atomic E-state index is 11.8. The molecule has 2 aromatic rings. The fraction of sp³-hybridized carbons (Fsp3) is 0.0588. The molecule has 2 aliphatic rings. The summed E-state index contributed by atoms with van der Waals surface area (Å²) in [6, 6.07) is 14.2. The first kappa shape index (κ1) is 13.4. The van der Waals surface area contributed by atoms with Crippen molar-refractivity contribution in [2.75, 3.05) is 10.6 Å². The van der Waals surface area contributed by atoms with Crippen LogP contribution in [0.1, 0.15) is 17.2 Å². The molecule has 0 radical (unpaired) electrons. The van der Waals surface area contributed by atoms with Gasteiger partial charge in [-0.05, 0) is 18.2 Å². The van der Waals surface area contributed by atoms with Crippen molar-refractivity contribution >= 4 is 29.1 Å². The molecule has 2 aromatic carbocycles. The molecule has 2 aliphatic heterocycles. The second-order valence-electron chi connectivity index (χ2n) is 5.37. The topological polar surface area (TPSA) is 82.3 Å². The van der Waals surface area contributed by atoms with Gasteiger partial charge in [0.25, 0.3) is 0 Å².